The maximum Gasteiger partial charge on any atom is 0.228 e. The summed E-state index contributed by atoms with van der Waals surface area (Å²) in [5.74, 6) is 0.860. The second-order valence-corrected chi connectivity index (χ2v) is 7.32. The largest absolute Gasteiger partial charge is 0.350 e. The average Bonchev–Trinajstić information content (AvgIpc) is 2.69. The summed E-state index contributed by atoms with van der Waals surface area (Å²) in [6.45, 7) is 7.14. The molecule has 3 rings (SSSR count). The lowest BCUT2D eigenvalue weighted by Crippen LogP contribution is -2.30. The van der Waals surface area contributed by atoms with Crippen molar-refractivity contribution in [1.82, 2.24) is 4.98 Å². The summed E-state index contributed by atoms with van der Waals surface area (Å²) in [5, 5.41) is 2.93. The van der Waals surface area contributed by atoms with E-state index in [1.54, 1.807) is 6.20 Å². The Hall–Kier alpha value is -3.14. The van der Waals surface area contributed by atoms with Crippen LogP contribution >= 0.6 is 0 Å². The smallest absolute Gasteiger partial charge is 0.228 e. The number of nitrogens with zero attached hydrogens (tertiary/aromatic N) is 2. The van der Waals surface area contributed by atoms with Crippen LogP contribution in [0, 0.1) is 6.92 Å². The zero-order valence-corrected chi connectivity index (χ0v) is 16.7. The lowest BCUT2D eigenvalue weighted by atomic mass is 10.1. The number of carbonyl (C=O) groups excluding carboxylic acids is 1. The topological polar surface area (TPSA) is 45.2 Å². The van der Waals surface area contributed by atoms with E-state index in [-0.39, 0.29) is 5.91 Å². The molecule has 0 saturated heterocycles. The summed E-state index contributed by atoms with van der Waals surface area (Å²) in [7, 11) is 0. The van der Waals surface area contributed by atoms with E-state index in [0.29, 0.717) is 18.2 Å². The number of anilines is 2. The van der Waals surface area contributed by atoms with Crippen molar-refractivity contribution in [2.45, 2.75) is 39.8 Å². The summed E-state index contributed by atoms with van der Waals surface area (Å²) in [6.07, 6.45) is 2.08. The van der Waals surface area contributed by atoms with Gasteiger partial charge in [0.05, 0.1) is 18.3 Å². The first kappa shape index (κ1) is 19.6. The van der Waals surface area contributed by atoms with Crippen molar-refractivity contribution in [3.63, 3.8) is 0 Å². The van der Waals surface area contributed by atoms with E-state index in [1.807, 2.05) is 61.5 Å². The first-order valence-electron chi connectivity index (χ1n) is 9.63. The second-order valence-electron chi connectivity index (χ2n) is 7.32. The monoisotopic (exact) mass is 373 g/mol. The fourth-order valence-electron chi connectivity index (χ4n) is 3.03. The molecule has 144 valence electrons. The summed E-state index contributed by atoms with van der Waals surface area (Å²) in [6, 6.07) is 22.6. The standard InChI is InChI=1S/C24H27N3O/c1-18(2)27(17-21-7-5-4-6-8-21)23-14-13-22(16-25-23)26-24(28)15-20-11-9-19(3)10-12-20/h4-14,16,18H,15,17H2,1-3H3,(H,26,28). The van der Waals surface area contributed by atoms with Crippen LogP contribution < -0.4 is 10.2 Å². The number of hydrogen-bond donors (Lipinski definition) is 1. The molecule has 0 fully saturated rings. The fraction of sp³-hybridized carbons (Fsp3) is 0.250. The van der Waals surface area contributed by atoms with Crippen LogP contribution in [0.15, 0.2) is 72.9 Å². The Kier molecular flexibility index (Phi) is 6.43. The normalized spacial score (nSPS) is 10.7. The molecule has 0 unspecified atom stereocenters. The van der Waals surface area contributed by atoms with Gasteiger partial charge in [0, 0.05) is 12.6 Å². The number of carbonyl (C=O) groups is 1. The third-order valence-electron chi connectivity index (χ3n) is 4.63. The zero-order valence-electron chi connectivity index (χ0n) is 16.7. The minimum absolute atomic E-state index is 0.0385. The molecule has 1 heterocycles. The van der Waals surface area contributed by atoms with Crippen molar-refractivity contribution in [2.24, 2.45) is 0 Å². The predicted octanol–water partition coefficient (Wildman–Crippen LogP) is 4.99. The van der Waals surface area contributed by atoms with Crippen molar-refractivity contribution < 1.29 is 4.79 Å². The SMILES string of the molecule is Cc1ccc(CC(=O)Nc2ccc(N(Cc3ccccc3)C(C)C)nc2)cc1. The van der Waals surface area contributed by atoms with Crippen LogP contribution in [0.3, 0.4) is 0 Å². The molecule has 0 bridgehead atoms. The Bertz CT molecular complexity index is 887. The third kappa shape index (κ3) is 5.43. The van der Waals surface area contributed by atoms with E-state index in [1.165, 1.54) is 11.1 Å². The molecule has 0 saturated carbocycles. The van der Waals surface area contributed by atoms with Gasteiger partial charge in [-0.25, -0.2) is 4.98 Å². The van der Waals surface area contributed by atoms with Gasteiger partial charge in [0.15, 0.2) is 0 Å². The van der Waals surface area contributed by atoms with E-state index in [2.05, 4.69) is 41.2 Å². The van der Waals surface area contributed by atoms with Gasteiger partial charge in [0.1, 0.15) is 5.82 Å². The molecular weight excluding hydrogens is 346 g/mol. The second kappa shape index (κ2) is 9.18. The van der Waals surface area contributed by atoms with Gasteiger partial charge in [-0.05, 0) is 44.0 Å². The molecule has 28 heavy (non-hydrogen) atoms. The molecule has 4 heteroatoms. The Labute approximate surface area is 167 Å². The van der Waals surface area contributed by atoms with Crippen molar-refractivity contribution in [1.29, 1.82) is 0 Å². The van der Waals surface area contributed by atoms with Crippen molar-refractivity contribution in [2.75, 3.05) is 10.2 Å². The molecule has 1 amide bonds. The highest BCUT2D eigenvalue weighted by atomic mass is 16.1. The van der Waals surface area contributed by atoms with E-state index >= 15 is 0 Å². The van der Waals surface area contributed by atoms with Gasteiger partial charge in [-0.15, -0.1) is 0 Å². The summed E-state index contributed by atoms with van der Waals surface area (Å²) >= 11 is 0. The fourth-order valence-corrected chi connectivity index (χ4v) is 3.03. The summed E-state index contributed by atoms with van der Waals surface area (Å²) in [5.41, 5.74) is 4.15. The molecule has 4 nitrogen and oxygen atoms in total. The van der Waals surface area contributed by atoms with Crippen molar-refractivity contribution >= 4 is 17.4 Å². The van der Waals surface area contributed by atoms with E-state index in [0.717, 1.165) is 17.9 Å². The van der Waals surface area contributed by atoms with Crippen LogP contribution in [-0.2, 0) is 17.8 Å². The molecule has 0 spiro atoms. The molecule has 3 aromatic rings. The van der Waals surface area contributed by atoms with E-state index in [9.17, 15) is 4.79 Å². The van der Waals surface area contributed by atoms with Gasteiger partial charge in [0.25, 0.3) is 0 Å². The van der Waals surface area contributed by atoms with Crippen LogP contribution in [0.2, 0.25) is 0 Å². The molecule has 1 aromatic heterocycles. The number of benzene rings is 2. The van der Waals surface area contributed by atoms with Crippen molar-refractivity contribution in [3.05, 3.63) is 89.6 Å². The molecule has 0 aliphatic rings. The van der Waals surface area contributed by atoms with Gasteiger partial charge in [-0.3, -0.25) is 4.79 Å². The predicted molar refractivity (Wildman–Crippen MR) is 116 cm³/mol. The van der Waals surface area contributed by atoms with Crippen LogP contribution in [-0.4, -0.2) is 16.9 Å². The van der Waals surface area contributed by atoms with Crippen molar-refractivity contribution in [3.8, 4) is 0 Å². The molecule has 0 aliphatic carbocycles. The first-order valence-corrected chi connectivity index (χ1v) is 9.63. The molecular formula is C24H27N3O. The molecule has 2 aromatic carbocycles. The summed E-state index contributed by atoms with van der Waals surface area (Å²) in [4.78, 5) is 19.1. The summed E-state index contributed by atoms with van der Waals surface area (Å²) < 4.78 is 0. The minimum atomic E-state index is -0.0385. The number of nitrogens with one attached hydrogen (secondary N) is 1. The number of aryl methyl sites for hydroxylation is 1. The Morgan fingerprint density at radius 2 is 1.68 bits per heavy atom. The number of hydrogen-bond acceptors (Lipinski definition) is 3. The average molecular weight is 374 g/mol. The Morgan fingerprint density at radius 1 is 0.964 bits per heavy atom. The maximum atomic E-state index is 12.3. The Balaban J connectivity index is 1.64. The van der Waals surface area contributed by atoms with Crippen LogP contribution in [0.4, 0.5) is 11.5 Å². The zero-order chi connectivity index (χ0) is 19.9. The molecule has 1 N–H and O–H groups in total. The quantitative estimate of drug-likeness (QED) is 0.635. The number of rotatable bonds is 7. The molecule has 0 radical (unpaired) electrons. The highest BCUT2D eigenvalue weighted by Crippen LogP contribution is 2.19. The minimum Gasteiger partial charge on any atom is -0.350 e. The Morgan fingerprint density at radius 3 is 2.29 bits per heavy atom. The highest BCUT2D eigenvalue weighted by molar-refractivity contribution is 5.92. The van der Waals surface area contributed by atoms with E-state index < -0.39 is 0 Å². The van der Waals surface area contributed by atoms with Gasteiger partial charge >= 0.3 is 0 Å². The van der Waals surface area contributed by atoms with Crippen LogP contribution in [0.1, 0.15) is 30.5 Å². The molecule has 0 aliphatic heterocycles. The lowest BCUT2D eigenvalue weighted by Gasteiger charge is -2.28. The van der Waals surface area contributed by atoms with Gasteiger partial charge in [-0.2, -0.15) is 0 Å². The maximum absolute atomic E-state index is 12.3. The van der Waals surface area contributed by atoms with Gasteiger partial charge < -0.3 is 10.2 Å². The lowest BCUT2D eigenvalue weighted by molar-refractivity contribution is -0.115. The third-order valence-corrected chi connectivity index (χ3v) is 4.63. The number of amides is 1. The molecule has 0 atom stereocenters. The number of pyridine rings is 1. The van der Waals surface area contributed by atoms with E-state index in [4.69, 9.17) is 0 Å². The first-order chi connectivity index (χ1) is 13.5. The van der Waals surface area contributed by atoms with Crippen LogP contribution in [0.5, 0.6) is 0 Å². The van der Waals surface area contributed by atoms with Gasteiger partial charge in [0.2, 0.25) is 5.91 Å². The van der Waals surface area contributed by atoms with Crippen LogP contribution in [0.25, 0.3) is 0 Å². The van der Waals surface area contributed by atoms with Gasteiger partial charge in [-0.1, -0.05) is 60.2 Å². The number of aromatic nitrogens is 1. The highest BCUT2D eigenvalue weighted by Gasteiger charge is 2.13.